The molecule has 0 fully saturated rings. The molecule has 0 N–H and O–H groups in total. The number of benzene rings is 11. The lowest BCUT2D eigenvalue weighted by atomic mass is 9.70. The van der Waals surface area contributed by atoms with Crippen LogP contribution in [0.5, 0.6) is 0 Å². The van der Waals surface area contributed by atoms with Gasteiger partial charge in [0.25, 0.3) is 0 Å². The highest BCUT2D eigenvalue weighted by Gasteiger charge is 2.54. The molecule has 2 unspecified atom stereocenters. The van der Waals surface area contributed by atoms with Crippen molar-refractivity contribution in [3.63, 3.8) is 0 Å². The summed E-state index contributed by atoms with van der Waals surface area (Å²) < 4.78 is 33.8. The summed E-state index contributed by atoms with van der Waals surface area (Å²) in [6.07, 6.45) is 0. The van der Waals surface area contributed by atoms with Crippen LogP contribution in [0.3, 0.4) is 0 Å². The molecule has 2 spiro atoms. The van der Waals surface area contributed by atoms with Crippen LogP contribution in [0.2, 0.25) is 0 Å². The Balaban J connectivity index is 0.921. The van der Waals surface area contributed by atoms with E-state index in [1.807, 2.05) is 84.9 Å². The second-order valence-electron chi connectivity index (χ2n) is 20.6. The van der Waals surface area contributed by atoms with Crippen LogP contribution in [0.4, 0.5) is 0 Å². The lowest BCUT2D eigenvalue weighted by Gasteiger charge is -2.31. The van der Waals surface area contributed by atoms with Crippen LogP contribution in [-0.2, 0) is 20.0 Å². The molecular weight excluding hydrogens is 935 g/mol. The van der Waals surface area contributed by atoms with E-state index in [1.54, 1.807) is 0 Å². The molecule has 4 aliphatic rings. The fraction of sp³-hybridized carbons (Fsp3) is 0.0571. The lowest BCUT2D eigenvalue weighted by molar-refractivity contribution is 0.591. The lowest BCUT2D eigenvalue weighted by Crippen LogP contribution is -2.31. The predicted molar refractivity (Wildman–Crippen MR) is 307 cm³/mol. The number of fused-ring (bicyclic) bond motifs is 20. The molecule has 4 heteroatoms. The monoisotopic (exact) mass is 982 g/mol. The highest BCUT2D eigenvalue weighted by atomic mass is 31.2. The summed E-state index contributed by atoms with van der Waals surface area (Å²) >= 11 is 0. The van der Waals surface area contributed by atoms with E-state index in [-0.39, 0.29) is 0 Å². The van der Waals surface area contributed by atoms with Gasteiger partial charge in [0, 0.05) is 31.8 Å². The Hall–Kier alpha value is -8.12. The van der Waals surface area contributed by atoms with Crippen molar-refractivity contribution in [3.05, 3.63) is 310 Å². The van der Waals surface area contributed by atoms with Crippen molar-refractivity contribution in [1.29, 1.82) is 0 Å². The Morgan fingerprint density at radius 2 is 0.473 bits per heavy atom. The largest absolute Gasteiger partial charge is 0.309 e. The van der Waals surface area contributed by atoms with E-state index in [1.165, 1.54) is 77.9 Å². The van der Waals surface area contributed by atoms with E-state index in [4.69, 9.17) is 0 Å². The van der Waals surface area contributed by atoms with Gasteiger partial charge in [-0.2, -0.15) is 0 Å². The SMILES string of the molecule is Cc1ccc2c(c1)C1(c3ccccc3-c3ccccc31)c1cc(P(=O)(c3ccccc3)c3ccc(P(=O)(c4ccccc4)c4ccc5c(c4)C4(c6ccccc6-c6ccccc64)c4cc(C)ccc4-5)cc3)ccc1-2. The minimum atomic E-state index is -3.57. The molecule has 11 aromatic rings. The van der Waals surface area contributed by atoms with E-state index in [2.05, 4.69) is 184 Å². The molecule has 11 aromatic carbocycles. The summed E-state index contributed by atoms with van der Waals surface area (Å²) in [4.78, 5) is 0. The van der Waals surface area contributed by atoms with Crippen molar-refractivity contribution in [2.24, 2.45) is 0 Å². The van der Waals surface area contributed by atoms with Gasteiger partial charge in [-0.25, -0.2) is 0 Å². The van der Waals surface area contributed by atoms with Gasteiger partial charge < -0.3 is 9.13 Å². The molecular formula is C70H48O2P2. The molecule has 0 saturated heterocycles. The zero-order valence-electron chi connectivity index (χ0n) is 41.0. The normalized spacial score (nSPS) is 15.7. The molecule has 0 saturated carbocycles. The molecule has 350 valence electrons. The van der Waals surface area contributed by atoms with Crippen LogP contribution in [0.15, 0.2) is 255 Å². The van der Waals surface area contributed by atoms with Crippen LogP contribution in [0.1, 0.15) is 55.6 Å². The average molecular weight is 983 g/mol. The highest BCUT2D eigenvalue weighted by molar-refractivity contribution is 7.86. The quantitative estimate of drug-likeness (QED) is 0.156. The standard InChI is InChI=1S/C70H48O2P2/c1-45-29-37-57-59-39-35-51(43-67(59)69(65(57)41-45)61-25-13-9-21-53(61)54-22-10-14-26-62(54)69)73(71,47-17-5-3-6-18-47)49-31-33-50(34-32-49)74(72,48-19-7-4-8-20-48)52-36-40-60-58-38-30-46(2)42-66(58)70(68(60)44-52)63-27-15-11-23-55(63)56-24-12-16-28-64(56)70/h3-44H,1-2H3. The molecule has 2 nitrogen and oxygen atoms in total. The first kappa shape index (κ1) is 43.5. The Bertz CT molecular complexity index is 3920. The number of hydrogen-bond acceptors (Lipinski definition) is 2. The molecule has 0 heterocycles. The number of rotatable bonds is 6. The topological polar surface area (TPSA) is 34.1 Å². The van der Waals surface area contributed by atoms with E-state index in [9.17, 15) is 0 Å². The van der Waals surface area contributed by atoms with Crippen LogP contribution in [0.25, 0.3) is 44.5 Å². The van der Waals surface area contributed by atoms with Gasteiger partial charge in [-0.1, -0.05) is 254 Å². The summed E-state index contributed by atoms with van der Waals surface area (Å²) in [5.74, 6) is 0. The predicted octanol–water partition coefficient (Wildman–Crippen LogP) is 14.3. The third-order valence-corrected chi connectivity index (χ3v) is 23.1. The van der Waals surface area contributed by atoms with Crippen molar-refractivity contribution in [1.82, 2.24) is 0 Å². The first-order valence-corrected chi connectivity index (χ1v) is 29.0. The maximum Gasteiger partial charge on any atom is 0.171 e. The van der Waals surface area contributed by atoms with Crippen LogP contribution >= 0.6 is 14.3 Å². The van der Waals surface area contributed by atoms with Crippen molar-refractivity contribution < 1.29 is 9.13 Å². The molecule has 4 aliphatic carbocycles. The third-order valence-electron chi connectivity index (χ3n) is 17.0. The highest BCUT2D eigenvalue weighted by Crippen LogP contribution is 2.65. The van der Waals surface area contributed by atoms with Gasteiger partial charge >= 0.3 is 0 Å². The zero-order chi connectivity index (χ0) is 49.6. The Morgan fingerprint density at radius 3 is 0.811 bits per heavy atom. The van der Waals surface area contributed by atoms with E-state index < -0.39 is 25.1 Å². The van der Waals surface area contributed by atoms with Gasteiger partial charge in [0.15, 0.2) is 14.3 Å². The molecule has 15 rings (SSSR count). The van der Waals surface area contributed by atoms with Gasteiger partial charge in [-0.05, 0) is 115 Å². The smallest absolute Gasteiger partial charge is 0.171 e. The summed E-state index contributed by atoms with van der Waals surface area (Å²) in [5.41, 5.74) is 20.7. The van der Waals surface area contributed by atoms with Crippen LogP contribution in [0, 0.1) is 13.8 Å². The van der Waals surface area contributed by atoms with Crippen LogP contribution < -0.4 is 31.8 Å². The number of aryl methyl sites for hydroxylation is 2. The second kappa shape index (κ2) is 15.7. The Morgan fingerprint density at radius 1 is 0.230 bits per heavy atom. The van der Waals surface area contributed by atoms with Crippen molar-refractivity contribution in [2.75, 3.05) is 0 Å². The van der Waals surface area contributed by atoms with Crippen molar-refractivity contribution in [2.45, 2.75) is 24.7 Å². The van der Waals surface area contributed by atoms with Gasteiger partial charge in [0.05, 0.1) is 10.8 Å². The molecule has 0 radical (unpaired) electrons. The molecule has 74 heavy (non-hydrogen) atoms. The number of hydrogen-bond donors (Lipinski definition) is 0. The molecule has 0 aliphatic heterocycles. The average Bonchev–Trinajstić information content (AvgIpc) is 4.16. The Kier molecular flexibility index (Phi) is 9.22. The minimum absolute atomic E-state index is 0.592. The minimum Gasteiger partial charge on any atom is -0.309 e. The van der Waals surface area contributed by atoms with Crippen LogP contribution in [-0.4, -0.2) is 0 Å². The molecule has 0 aromatic heterocycles. The third kappa shape index (κ3) is 5.52. The van der Waals surface area contributed by atoms with E-state index >= 15 is 9.13 Å². The van der Waals surface area contributed by atoms with Gasteiger partial charge in [0.2, 0.25) is 0 Å². The molecule has 0 amide bonds. The fourth-order valence-corrected chi connectivity index (χ4v) is 19.2. The summed E-state index contributed by atoms with van der Waals surface area (Å²) in [7, 11) is -7.15. The first-order chi connectivity index (χ1) is 36.3. The van der Waals surface area contributed by atoms with Crippen molar-refractivity contribution in [3.8, 4) is 44.5 Å². The molecule has 2 atom stereocenters. The Labute approximate surface area is 432 Å². The maximum atomic E-state index is 16.9. The van der Waals surface area contributed by atoms with E-state index in [0.29, 0.717) is 10.6 Å². The van der Waals surface area contributed by atoms with Crippen molar-refractivity contribution >= 4 is 46.1 Å². The maximum absolute atomic E-state index is 16.9. The fourth-order valence-electron chi connectivity index (χ4n) is 13.9. The van der Waals surface area contributed by atoms with Gasteiger partial charge in [-0.3, -0.25) is 0 Å². The van der Waals surface area contributed by atoms with E-state index in [0.717, 1.165) is 43.5 Å². The van der Waals surface area contributed by atoms with Gasteiger partial charge in [-0.15, -0.1) is 0 Å². The first-order valence-electron chi connectivity index (χ1n) is 25.6. The molecule has 0 bridgehead atoms. The summed E-state index contributed by atoms with van der Waals surface area (Å²) in [6, 6.07) is 90.1. The zero-order valence-corrected chi connectivity index (χ0v) is 42.7. The summed E-state index contributed by atoms with van der Waals surface area (Å²) in [6.45, 7) is 4.35. The summed E-state index contributed by atoms with van der Waals surface area (Å²) in [5, 5.41) is 4.42. The second-order valence-corrected chi connectivity index (χ2v) is 26.2. The van der Waals surface area contributed by atoms with Gasteiger partial charge in [0.1, 0.15) is 0 Å².